The molecular formula is C15H8Cl3NO3. The van der Waals surface area contributed by atoms with E-state index in [1.165, 1.54) is 7.11 Å². The molecular weight excluding hydrogens is 349 g/mol. The Balaban J connectivity index is 2.10. The number of esters is 1. The first-order chi connectivity index (χ1) is 10.5. The number of hydrogen-bond donors (Lipinski definition) is 0. The first-order valence-corrected chi connectivity index (χ1v) is 7.27. The number of halogens is 3. The highest BCUT2D eigenvalue weighted by Gasteiger charge is 2.16. The van der Waals surface area contributed by atoms with Gasteiger partial charge in [-0.15, -0.1) is 0 Å². The molecule has 1 aromatic heterocycles. The van der Waals surface area contributed by atoms with Crippen LogP contribution in [-0.4, -0.2) is 18.1 Å². The second-order valence-electron chi connectivity index (χ2n) is 4.44. The maximum Gasteiger partial charge on any atom is 0.339 e. The molecule has 2 aromatic carbocycles. The summed E-state index contributed by atoms with van der Waals surface area (Å²) in [7, 11) is 1.29. The number of hydrogen-bond acceptors (Lipinski definition) is 4. The van der Waals surface area contributed by atoms with Gasteiger partial charge >= 0.3 is 5.97 Å². The van der Waals surface area contributed by atoms with Crippen LogP contribution in [0.2, 0.25) is 15.1 Å². The van der Waals surface area contributed by atoms with E-state index in [9.17, 15) is 4.79 Å². The van der Waals surface area contributed by atoms with E-state index in [4.69, 9.17) is 39.2 Å². The van der Waals surface area contributed by atoms with Crippen LogP contribution in [-0.2, 0) is 4.74 Å². The molecule has 0 aliphatic carbocycles. The summed E-state index contributed by atoms with van der Waals surface area (Å²) in [5.41, 5.74) is 1.86. The van der Waals surface area contributed by atoms with Crippen molar-refractivity contribution in [1.29, 1.82) is 0 Å². The van der Waals surface area contributed by atoms with E-state index in [0.717, 1.165) is 0 Å². The van der Waals surface area contributed by atoms with Crippen LogP contribution in [0, 0.1) is 0 Å². The van der Waals surface area contributed by atoms with Gasteiger partial charge in [0.25, 0.3) is 0 Å². The normalized spacial score (nSPS) is 10.9. The number of fused-ring (bicyclic) bond motifs is 1. The lowest BCUT2D eigenvalue weighted by Crippen LogP contribution is -2.01. The molecule has 4 nitrogen and oxygen atoms in total. The average molecular weight is 357 g/mol. The Morgan fingerprint density at radius 2 is 1.91 bits per heavy atom. The summed E-state index contributed by atoms with van der Waals surface area (Å²) in [5.74, 6) is -0.179. The number of aromatic nitrogens is 1. The van der Waals surface area contributed by atoms with Crippen molar-refractivity contribution in [2.45, 2.75) is 0 Å². The molecule has 22 heavy (non-hydrogen) atoms. The van der Waals surface area contributed by atoms with E-state index in [2.05, 4.69) is 9.72 Å². The van der Waals surface area contributed by atoms with Gasteiger partial charge in [-0.1, -0.05) is 34.8 Å². The largest absolute Gasteiger partial charge is 0.465 e. The molecule has 0 atom stereocenters. The van der Waals surface area contributed by atoms with Gasteiger partial charge < -0.3 is 9.15 Å². The second kappa shape index (κ2) is 5.80. The number of oxazole rings is 1. The number of nitrogens with zero attached hydrogens (tertiary/aromatic N) is 1. The zero-order valence-corrected chi connectivity index (χ0v) is 13.5. The Kier molecular flexibility index (Phi) is 4.00. The molecule has 112 valence electrons. The molecule has 0 aliphatic heterocycles. The summed E-state index contributed by atoms with van der Waals surface area (Å²) < 4.78 is 10.3. The van der Waals surface area contributed by atoms with Crippen molar-refractivity contribution < 1.29 is 13.9 Å². The highest BCUT2D eigenvalue weighted by atomic mass is 35.5. The highest BCUT2D eigenvalue weighted by molar-refractivity contribution is 6.38. The third kappa shape index (κ3) is 2.65. The molecule has 3 aromatic rings. The molecule has 0 unspecified atom stereocenters. The molecule has 7 heteroatoms. The molecule has 1 heterocycles. The SMILES string of the molecule is COC(=O)c1ccc(-c2nc3cc(Cl)cc(Cl)c3o2)cc1Cl. The number of carbonyl (C=O) groups is 1. The van der Waals surface area contributed by atoms with Crippen LogP contribution in [0.1, 0.15) is 10.4 Å². The predicted molar refractivity (Wildman–Crippen MR) is 85.8 cm³/mol. The van der Waals surface area contributed by atoms with Gasteiger partial charge in [0.05, 0.1) is 22.7 Å². The Labute approximate surface area is 140 Å². The minimum absolute atomic E-state index is 0.246. The third-order valence-electron chi connectivity index (χ3n) is 3.03. The zero-order valence-electron chi connectivity index (χ0n) is 11.2. The van der Waals surface area contributed by atoms with Crippen molar-refractivity contribution in [1.82, 2.24) is 4.98 Å². The van der Waals surface area contributed by atoms with Crippen molar-refractivity contribution in [3.63, 3.8) is 0 Å². The van der Waals surface area contributed by atoms with Gasteiger partial charge in [0.1, 0.15) is 5.52 Å². The van der Waals surface area contributed by atoms with Gasteiger partial charge in [0.2, 0.25) is 5.89 Å². The van der Waals surface area contributed by atoms with Crippen LogP contribution >= 0.6 is 34.8 Å². The van der Waals surface area contributed by atoms with E-state index >= 15 is 0 Å². The van der Waals surface area contributed by atoms with Gasteiger partial charge in [-0.2, -0.15) is 0 Å². The highest BCUT2D eigenvalue weighted by Crippen LogP contribution is 2.33. The number of carbonyl (C=O) groups excluding carboxylic acids is 1. The minimum Gasteiger partial charge on any atom is -0.465 e. The Bertz CT molecular complexity index is 889. The topological polar surface area (TPSA) is 52.3 Å². The fourth-order valence-electron chi connectivity index (χ4n) is 2.01. The number of methoxy groups -OCH3 is 1. The van der Waals surface area contributed by atoms with E-state index < -0.39 is 5.97 Å². The predicted octanol–water partition coefficient (Wildman–Crippen LogP) is 5.24. The minimum atomic E-state index is -0.510. The number of benzene rings is 2. The molecule has 0 saturated heterocycles. The molecule has 3 rings (SSSR count). The molecule has 0 radical (unpaired) electrons. The molecule has 0 saturated carbocycles. The summed E-state index contributed by atoms with van der Waals surface area (Å²) in [5, 5.41) is 1.09. The van der Waals surface area contributed by atoms with Crippen LogP contribution in [0.3, 0.4) is 0 Å². The molecule has 0 amide bonds. The lowest BCUT2D eigenvalue weighted by Gasteiger charge is -2.03. The van der Waals surface area contributed by atoms with Crippen molar-refractivity contribution in [2.75, 3.05) is 7.11 Å². The summed E-state index contributed by atoms with van der Waals surface area (Å²) in [6.07, 6.45) is 0. The fourth-order valence-corrected chi connectivity index (χ4v) is 2.79. The maximum atomic E-state index is 11.5. The summed E-state index contributed by atoms with van der Waals surface area (Å²) in [6.45, 7) is 0. The third-order valence-corrected chi connectivity index (χ3v) is 3.84. The Hall–Kier alpha value is -1.75. The van der Waals surface area contributed by atoms with Gasteiger partial charge in [-0.3, -0.25) is 0 Å². The van der Waals surface area contributed by atoms with Crippen molar-refractivity contribution in [3.8, 4) is 11.5 Å². The van der Waals surface area contributed by atoms with Crippen LogP contribution < -0.4 is 0 Å². The van der Waals surface area contributed by atoms with Crippen molar-refractivity contribution in [3.05, 3.63) is 51.0 Å². The van der Waals surface area contributed by atoms with Gasteiger partial charge in [-0.25, -0.2) is 9.78 Å². The van der Waals surface area contributed by atoms with Crippen LogP contribution in [0.25, 0.3) is 22.6 Å². The lowest BCUT2D eigenvalue weighted by atomic mass is 10.1. The average Bonchev–Trinajstić information content (AvgIpc) is 2.90. The summed E-state index contributed by atoms with van der Waals surface area (Å²) in [6, 6.07) is 8.02. The van der Waals surface area contributed by atoms with E-state index in [1.54, 1.807) is 30.3 Å². The van der Waals surface area contributed by atoms with Crippen LogP contribution in [0.4, 0.5) is 0 Å². The first-order valence-electron chi connectivity index (χ1n) is 6.13. The lowest BCUT2D eigenvalue weighted by molar-refractivity contribution is 0.0601. The second-order valence-corrected chi connectivity index (χ2v) is 5.69. The molecule has 0 bridgehead atoms. The molecule has 0 aliphatic rings. The maximum absolute atomic E-state index is 11.5. The van der Waals surface area contributed by atoms with Gasteiger partial charge in [0.15, 0.2) is 5.58 Å². The van der Waals surface area contributed by atoms with Gasteiger partial charge in [-0.05, 0) is 30.3 Å². The molecule has 0 fully saturated rings. The van der Waals surface area contributed by atoms with E-state index in [0.29, 0.717) is 32.6 Å². The molecule has 0 N–H and O–H groups in total. The van der Waals surface area contributed by atoms with Crippen LogP contribution in [0.15, 0.2) is 34.7 Å². The molecule has 0 spiro atoms. The van der Waals surface area contributed by atoms with Crippen molar-refractivity contribution >= 4 is 51.9 Å². The van der Waals surface area contributed by atoms with E-state index in [-0.39, 0.29) is 10.6 Å². The smallest absolute Gasteiger partial charge is 0.339 e. The number of rotatable bonds is 2. The first kappa shape index (κ1) is 15.2. The van der Waals surface area contributed by atoms with Crippen molar-refractivity contribution in [2.24, 2.45) is 0 Å². The summed E-state index contributed by atoms with van der Waals surface area (Å²) >= 11 is 18.1. The Morgan fingerprint density at radius 1 is 1.14 bits per heavy atom. The van der Waals surface area contributed by atoms with E-state index in [1.807, 2.05) is 0 Å². The standard InChI is InChI=1S/C15H8Cl3NO3/c1-21-15(20)9-3-2-7(4-10(9)17)14-19-12-6-8(16)5-11(18)13(12)22-14/h2-6H,1H3. The zero-order chi connectivity index (χ0) is 15.9. The monoisotopic (exact) mass is 355 g/mol. The Morgan fingerprint density at radius 3 is 2.59 bits per heavy atom. The van der Waals surface area contributed by atoms with Gasteiger partial charge in [0, 0.05) is 10.6 Å². The van der Waals surface area contributed by atoms with Crippen LogP contribution in [0.5, 0.6) is 0 Å². The summed E-state index contributed by atoms with van der Waals surface area (Å²) in [4.78, 5) is 15.9. The number of ether oxygens (including phenoxy) is 1. The quantitative estimate of drug-likeness (QED) is 0.589. The fraction of sp³-hybridized carbons (Fsp3) is 0.0667.